The highest BCUT2D eigenvalue weighted by Crippen LogP contribution is 2.37. The molecule has 4 aromatic rings. The molecule has 0 radical (unpaired) electrons. The van der Waals surface area contributed by atoms with Gasteiger partial charge in [0.05, 0.1) is 7.11 Å². The lowest BCUT2D eigenvalue weighted by molar-refractivity contribution is -0.147. The fourth-order valence-electron chi connectivity index (χ4n) is 3.97. The Morgan fingerprint density at radius 2 is 1.53 bits per heavy atom. The van der Waals surface area contributed by atoms with E-state index in [-0.39, 0.29) is 6.61 Å². The highest BCUT2D eigenvalue weighted by molar-refractivity contribution is 5.97. The number of alkyl carbamates (subject to hydrolysis) is 1. The highest BCUT2D eigenvalue weighted by Gasteiger charge is 2.47. The first-order valence-corrected chi connectivity index (χ1v) is 10.2. The molecule has 0 bridgehead atoms. The van der Waals surface area contributed by atoms with Crippen LogP contribution in [0.4, 0.5) is 4.79 Å². The van der Waals surface area contributed by atoms with E-state index in [9.17, 15) is 9.59 Å². The van der Waals surface area contributed by atoms with Crippen molar-refractivity contribution in [2.75, 3.05) is 7.11 Å². The van der Waals surface area contributed by atoms with E-state index in [4.69, 9.17) is 9.47 Å². The van der Waals surface area contributed by atoms with E-state index in [1.165, 1.54) is 7.11 Å². The number of esters is 1. The molecule has 1 heterocycles. The minimum Gasteiger partial charge on any atom is -0.467 e. The standard InChI is InChI=1S/C26H24N2O4/c1-28-17-22(21-15-9-10-16-23(21)28)26(24(29)31-2,20-13-7-4-8-14-20)27-25(30)32-18-19-11-5-3-6-12-19/h3-17H,18H2,1-2H3,(H,27,30)/t26-/m1/s1. The van der Waals surface area contributed by atoms with Crippen molar-refractivity contribution < 1.29 is 19.1 Å². The average Bonchev–Trinajstić information content (AvgIpc) is 3.19. The van der Waals surface area contributed by atoms with Crippen molar-refractivity contribution in [2.24, 2.45) is 7.05 Å². The van der Waals surface area contributed by atoms with Gasteiger partial charge in [0, 0.05) is 29.7 Å². The van der Waals surface area contributed by atoms with Crippen LogP contribution in [0.2, 0.25) is 0 Å². The van der Waals surface area contributed by atoms with Gasteiger partial charge in [-0.15, -0.1) is 0 Å². The number of aryl methyl sites for hydroxylation is 1. The first kappa shape index (κ1) is 21.2. The molecule has 0 saturated carbocycles. The van der Waals surface area contributed by atoms with Crippen LogP contribution in [0, 0.1) is 0 Å². The molecule has 0 saturated heterocycles. The van der Waals surface area contributed by atoms with E-state index in [1.54, 1.807) is 12.1 Å². The van der Waals surface area contributed by atoms with Crippen molar-refractivity contribution in [3.8, 4) is 0 Å². The van der Waals surface area contributed by atoms with Gasteiger partial charge < -0.3 is 14.0 Å². The second kappa shape index (κ2) is 8.98. The molecule has 6 nitrogen and oxygen atoms in total. The first-order chi connectivity index (χ1) is 15.6. The van der Waals surface area contributed by atoms with E-state index >= 15 is 0 Å². The summed E-state index contributed by atoms with van der Waals surface area (Å²) in [4.78, 5) is 26.4. The smallest absolute Gasteiger partial charge is 0.408 e. The number of nitrogens with one attached hydrogen (secondary N) is 1. The van der Waals surface area contributed by atoms with Crippen molar-refractivity contribution in [3.05, 3.63) is 108 Å². The third-order valence-electron chi connectivity index (χ3n) is 5.50. The molecule has 0 aliphatic rings. The summed E-state index contributed by atoms with van der Waals surface area (Å²) in [6, 6.07) is 26.1. The number of fused-ring (bicyclic) bond motifs is 1. The quantitative estimate of drug-likeness (QED) is 0.459. The fraction of sp³-hybridized carbons (Fsp3) is 0.154. The van der Waals surface area contributed by atoms with Gasteiger partial charge in [0.1, 0.15) is 6.61 Å². The number of para-hydroxylation sites is 1. The van der Waals surface area contributed by atoms with Gasteiger partial charge in [0.15, 0.2) is 5.54 Å². The maximum absolute atomic E-state index is 13.4. The van der Waals surface area contributed by atoms with E-state index in [0.717, 1.165) is 16.5 Å². The lowest BCUT2D eigenvalue weighted by Crippen LogP contribution is -2.53. The van der Waals surface area contributed by atoms with E-state index in [0.29, 0.717) is 11.1 Å². The predicted octanol–water partition coefficient (Wildman–Crippen LogP) is 4.52. The summed E-state index contributed by atoms with van der Waals surface area (Å²) in [5, 5.41) is 3.67. The molecule has 6 heteroatoms. The molecule has 0 aliphatic carbocycles. The van der Waals surface area contributed by atoms with Crippen LogP contribution in [0.1, 0.15) is 16.7 Å². The van der Waals surface area contributed by atoms with Crippen LogP contribution in [-0.4, -0.2) is 23.7 Å². The zero-order valence-corrected chi connectivity index (χ0v) is 17.9. The van der Waals surface area contributed by atoms with Crippen LogP contribution < -0.4 is 5.32 Å². The minimum atomic E-state index is -1.59. The largest absolute Gasteiger partial charge is 0.467 e. The molecule has 0 spiro atoms. The number of hydrogen-bond acceptors (Lipinski definition) is 4. The third kappa shape index (κ3) is 3.83. The number of nitrogens with zero attached hydrogens (tertiary/aromatic N) is 1. The predicted molar refractivity (Wildman–Crippen MR) is 122 cm³/mol. The van der Waals surface area contributed by atoms with Gasteiger partial charge in [-0.1, -0.05) is 78.9 Å². The summed E-state index contributed by atoms with van der Waals surface area (Å²) < 4.78 is 12.6. The van der Waals surface area contributed by atoms with Gasteiger partial charge in [-0.3, -0.25) is 5.32 Å². The summed E-state index contributed by atoms with van der Waals surface area (Å²) >= 11 is 0. The molecule has 1 N–H and O–H groups in total. The number of methoxy groups -OCH3 is 1. The van der Waals surface area contributed by atoms with E-state index < -0.39 is 17.6 Å². The van der Waals surface area contributed by atoms with Crippen LogP contribution in [-0.2, 0) is 33.5 Å². The summed E-state index contributed by atoms with van der Waals surface area (Å²) in [5.41, 5.74) is 1.34. The number of hydrogen-bond donors (Lipinski definition) is 1. The number of amides is 1. The molecule has 32 heavy (non-hydrogen) atoms. The molecule has 0 fully saturated rings. The number of rotatable bonds is 6. The molecule has 0 unspecified atom stereocenters. The molecular formula is C26H24N2O4. The molecule has 162 valence electrons. The first-order valence-electron chi connectivity index (χ1n) is 10.2. The Kier molecular flexibility index (Phi) is 5.94. The number of aromatic nitrogens is 1. The SMILES string of the molecule is COC(=O)[C@@](NC(=O)OCc1ccccc1)(c1ccccc1)c1cn(C)c2ccccc12. The fourth-order valence-corrected chi connectivity index (χ4v) is 3.97. The molecule has 3 aromatic carbocycles. The number of carbonyl (C=O) groups excluding carboxylic acids is 2. The highest BCUT2D eigenvalue weighted by atomic mass is 16.6. The van der Waals surface area contributed by atoms with Crippen LogP contribution in [0.5, 0.6) is 0 Å². The number of benzene rings is 3. The number of carbonyl (C=O) groups is 2. The molecule has 1 atom stereocenters. The zero-order chi connectivity index (χ0) is 22.6. The van der Waals surface area contributed by atoms with Gasteiger partial charge in [0.2, 0.25) is 0 Å². The van der Waals surface area contributed by atoms with Crippen molar-refractivity contribution in [1.82, 2.24) is 9.88 Å². The molecule has 0 aliphatic heterocycles. The maximum atomic E-state index is 13.4. The Balaban J connectivity index is 1.82. The zero-order valence-electron chi connectivity index (χ0n) is 17.9. The van der Waals surface area contributed by atoms with E-state index in [1.807, 2.05) is 90.6 Å². The van der Waals surface area contributed by atoms with Gasteiger partial charge >= 0.3 is 12.1 Å². The second-order valence-corrected chi connectivity index (χ2v) is 7.47. The van der Waals surface area contributed by atoms with Crippen molar-refractivity contribution in [1.29, 1.82) is 0 Å². The van der Waals surface area contributed by atoms with Crippen LogP contribution in [0.3, 0.4) is 0 Å². The van der Waals surface area contributed by atoms with Crippen molar-refractivity contribution in [2.45, 2.75) is 12.1 Å². The maximum Gasteiger partial charge on any atom is 0.408 e. The third-order valence-corrected chi connectivity index (χ3v) is 5.50. The topological polar surface area (TPSA) is 69.6 Å². The van der Waals surface area contributed by atoms with Crippen LogP contribution >= 0.6 is 0 Å². The van der Waals surface area contributed by atoms with Gasteiger partial charge in [0.25, 0.3) is 0 Å². The summed E-state index contributed by atoms with van der Waals surface area (Å²) in [5.74, 6) is -0.614. The summed E-state index contributed by atoms with van der Waals surface area (Å²) in [6.45, 7) is 0.0776. The molecular weight excluding hydrogens is 404 g/mol. The van der Waals surface area contributed by atoms with Gasteiger partial charge in [-0.25, -0.2) is 9.59 Å². The summed E-state index contributed by atoms with van der Waals surface area (Å²) in [6.07, 6.45) is 1.11. The lowest BCUT2D eigenvalue weighted by atomic mass is 9.82. The van der Waals surface area contributed by atoms with Gasteiger partial charge in [-0.05, 0) is 17.2 Å². The Morgan fingerprint density at radius 3 is 2.22 bits per heavy atom. The van der Waals surface area contributed by atoms with Crippen LogP contribution in [0.25, 0.3) is 10.9 Å². The van der Waals surface area contributed by atoms with Crippen molar-refractivity contribution in [3.63, 3.8) is 0 Å². The minimum absolute atomic E-state index is 0.0776. The normalized spacial score (nSPS) is 12.7. The number of ether oxygens (including phenoxy) is 2. The Hall–Kier alpha value is -4.06. The molecule has 1 aromatic heterocycles. The summed E-state index contributed by atoms with van der Waals surface area (Å²) in [7, 11) is 3.20. The monoisotopic (exact) mass is 428 g/mol. The van der Waals surface area contributed by atoms with E-state index in [2.05, 4.69) is 5.32 Å². The van der Waals surface area contributed by atoms with Gasteiger partial charge in [-0.2, -0.15) is 0 Å². The second-order valence-electron chi connectivity index (χ2n) is 7.47. The lowest BCUT2D eigenvalue weighted by Gasteiger charge is -2.32. The Bertz CT molecular complexity index is 1230. The average molecular weight is 428 g/mol. The van der Waals surface area contributed by atoms with Crippen molar-refractivity contribution >= 4 is 23.0 Å². The Labute approximate surface area is 186 Å². The molecule has 4 rings (SSSR count). The molecule has 1 amide bonds. The Morgan fingerprint density at radius 1 is 0.906 bits per heavy atom. The van der Waals surface area contributed by atoms with Crippen LogP contribution in [0.15, 0.2) is 91.1 Å².